The van der Waals surface area contributed by atoms with Crippen molar-refractivity contribution in [3.8, 4) is 17.1 Å². The van der Waals surface area contributed by atoms with Crippen LogP contribution in [-0.4, -0.2) is 37.6 Å². The molecule has 0 aliphatic heterocycles. The zero-order valence-electron chi connectivity index (χ0n) is 21.9. The van der Waals surface area contributed by atoms with Crippen LogP contribution < -0.4 is 5.43 Å². The minimum Gasteiger partial charge on any atom is -0.272 e. The minimum absolute atomic E-state index is 0.0208. The average molecular weight is 563 g/mol. The smallest absolute Gasteiger partial charge is 0.270 e. The molecular formula is C28H27ClN6O3S. The number of nitro groups is 1. The van der Waals surface area contributed by atoms with Crippen molar-refractivity contribution in [2.45, 2.75) is 38.3 Å². The molecule has 0 bridgehead atoms. The molecule has 1 aromatic heterocycles. The Balaban J connectivity index is 1.53. The van der Waals surface area contributed by atoms with Gasteiger partial charge in [-0.2, -0.15) is 5.10 Å². The van der Waals surface area contributed by atoms with E-state index < -0.39 is 4.92 Å². The molecule has 0 unspecified atom stereocenters. The summed E-state index contributed by atoms with van der Waals surface area (Å²) in [6, 6.07) is 20.2. The fourth-order valence-electron chi connectivity index (χ4n) is 3.68. The van der Waals surface area contributed by atoms with Crippen LogP contribution in [0.25, 0.3) is 17.1 Å². The molecule has 4 aromatic rings. The summed E-state index contributed by atoms with van der Waals surface area (Å²) in [4.78, 5) is 23.0. The number of hydrogen-bond donors (Lipinski definition) is 1. The lowest BCUT2D eigenvalue weighted by Gasteiger charge is -2.19. The molecule has 0 radical (unpaired) electrons. The molecule has 11 heteroatoms. The Kier molecular flexibility index (Phi) is 8.47. The zero-order chi connectivity index (χ0) is 28.2. The van der Waals surface area contributed by atoms with Crippen LogP contribution in [0.15, 0.2) is 77.0 Å². The Labute approximate surface area is 235 Å². The Bertz CT molecular complexity index is 1530. The Morgan fingerprint density at radius 3 is 2.44 bits per heavy atom. The van der Waals surface area contributed by atoms with Gasteiger partial charge in [0.1, 0.15) is 0 Å². The number of halogens is 1. The zero-order valence-corrected chi connectivity index (χ0v) is 23.5. The topological polar surface area (TPSA) is 115 Å². The molecule has 1 amide bonds. The molecule has 0 fully saturated rings. The van der Waals surface area contributed by atoms with Crippen molar-refractivity contribution in [1.82, 2.24) is 20.2 Å². The second kappa shape index (κ2) is 11.8. The van der Waals surface area contributed by atoms with Crippen LogP contribution in [0.3, 0.4) is 0 Å². The van der Waals surface area contributed by atoms with E-state index in [0.29, 0.717) is 16.5 Å². The van der Waals surface area contributed by atoms with Gasteiger partial charge in [0.15, 0.2) is 11.0 Å². The summed E-state index contributed by atoms with van der Waals surface area (Å²) >= 11 is 7.30. The third-order valence-corrected chi connectivity index (χ3v) is 7.12. The van der Waals surface area contributed by atoms with E-state index in [2.05, 4.69) is 53.6 Å². The third kappa shape index (κ3) is 6.90. The number of amides is 1. The highest BCUT2D eigenvalue weighted by atomic mass is 35.5. The highest BCUT2D eigenvalue weighted by molar-refractivity contribution is 7.99. The largest absolute Gasteiger partial charge is 0.272 e. The second-order valence-corrected chi connectivity index (χ2v) is 11.2. The summed E-state index contributed by atoms with van der Waals surface area (Å²) in [6.45, 7) is 8.51. The SMILES string of the molecule is Cc1ccc(-n2c(SCC(=O)N/N=C/c3cc([N+](=O)[O-])ccc3Cl)nnc2-c2ccc(C(C)(C)C)cc2)cc1. The lowest BCUT2D eigenvalue weighted by atomic mass is 9.87. The van der Waals surface area contributed by atoms with Crippen molar-refractivity contribution in [3.63, 3.8) is 0 Å². The van der Waals surface area contributed by atoms with Gasteiger partial charge in [-0.05, 0) is 36.1 Å². The van der Waals surface area contributed by atoms with E-state index in [9.17, 15) is 14.9 Å². The molecule has 200 valence electrons. The van der Waals surface area contributed by atoms with Gasteiger partial charge in [-0.25, -0.2) is 5.43 Å². The number of benzene rings is 3. The molecule has 39 heavy (non-hydrogen) atoms. The monoisotopic (exact) mass is 562 g/mol. The molecule has 0 saturated heterocycles. The maximum Gasteiger partial charge on any atom is 0.270 e. The van der Waals surface area contributed by atoms with E-state index in [-0.39, 0.29) is 27.8 Å². The van der Waals surface area contributed by atoms with E-state index in [1.165, 1.54) is 41.7 Å². The fourth-order valence-corrected chi connectivity index (χ4v) is 4.59. The molecule has 1 heterocycles. The number of nitrogens with one attached hydrogen (secondary N) is 1. The Morgan fingerprint density at radius 2 is 1.79 bits per heavy atom. The first-order valence-electron chi connectivity index (χ1n) is 12.0. The first kappa shape index (κ1) is 28.0. The van der Waals surface area contributed by atoms with Crippen molar-refractivity contribution >= 4 is 41.2 Å². The van der Waals surface area contributed by atoms with Gasteiger partial charge in [-0.15, -0.1) is 10.2 Å². The number of hydrazone groups is 1. The molecule has 0 aliphatic rings. The fraction of sp³-hybridized carbons (Fsp3) is 0.214. The van der Waals surface area contributed by atoms with Gasteiger partial charge in [-0.1, -0.05) is 86.1 Å². The normalized spacial score (nSPS) is 11.6. The summed E-state index contributed by atoms with van der Waals surface area (Å²) in [5, 5.41) is 24.5. The van der Waals surface area contributed by atoms with Crippen LogP contribution in [0.4, 0.5) is 5.69 Å². The summed E-state index contributed by atoms with van der Waals surface area (Å²) in [5.74, 6) is 0.306. The van der Waals surface area contributed by atoms with Crippen LogP contribution in [0.5, 0.6) is 0 Å². The first-order chi connectivity index (χ1) is 18.5. The number of aromatic nitrogens is 3. The van der Waals surface area contributed by atoms with E-state index in [4.69, 9.17) is 11.6 Å². The predicted molar refractivity (Wildman–Crippen MR) is 155 cm³/mol. The quantitative estimate of drug-likeness (QED) is 0.116. The van der Waals surface area contributed by atoms with Crippen molar-refractivity contribution < 1.29 is 9.72 Å². The summed E-state index contributed by atoms with van der Waals surface area (Å²) in [7, 11) is 0. The average Bonchev–Trinajstić information content (AvgIpc) is 3.32. The highest BCUT2D eigenvalue weighted by Crippen LogP contribution is 2.30. The van der Waals surface area contributed by atoms with Gasteiger partial charge < -0.3 is 0 Å². The first-order valence-corrected chi connectivity index (χ1v) is 13.4. The van der Waals surface area contributed by atoms with E-state index >= 15 is 0 Å². The molecule has 0 atom stereocenters. The number of nitrogens with zero attached hydrogens (tertiary/aromatic N) is 5. The standard InChI is InChI=1S/C28H27ClN6O3S/c1-18-5-11-22(12-6-18)34-26(19-7-9-21(10-8-19)28(2,3)4)32-33-27(34)39-17-25(36)31-30-16-20-15-23(35(37)38)13-14-24(20)29/h5-16H,17H2,1-4H3,(H,31,36)/b30-16+. The number of hydrogen-bond acceptors (Lipinski definition) is 7. The Hall–Kier alpha value is -4.02. The number of aryl methyl sites for hydroxylation is 1. The molecule has 9 nitrogen and oxygen atoms in total. The maximum atomic E-state index is 12.5. The second-order valence-electron chi connectivity index (χ2n) is 9.85. The molecule has 1 N–H and O–H groups in total. The minimum atomic E-state index is -0.527. The highest BCUT2D eigenvalue weighted by Gasteiger charge is 2.19. The van der Waals surface area contributed by atoms with Crippen molar-refractivity contribution in [3.05, 3.63) is 98.6 Å². The summed E-state index contributed by atoms with van der Waals surface area (Å²) < 4.78 is 1.93. The van der Waals surface area contributed by atoms with Crippen molar-refractivity contribution in [2.24, 2.45) is 5.10 Å². The third-order valence-electron chi connectivity index (χ3n) is 5.85. The number of carbonyl (C=O) groups is 1. The van der Waals surface area contributed by atoms with E-state index in [1.807, 2.05) is 47.9 Å². The number of thioether (sulfide) groups is 1. The summed E-state index contributed by atoms with van der Waals surface area (Å²) in [5.41, 5.74) is 6.77. The van der Waals surface area contributed by atoms with Crippen LogP contribution in [-0.2, 0) is 10.2 Å². The van der Waals surface area contributed by atoms with Gasteiger partial charge in [-0.3, -0.25) is 19.5 Å². The molecule has 0 spiro atoms. The van der Waals surface area contributed by atoms with Crippen molar-refractivity contribution in [2.75, 3.05) is 5.75 Å². The van der Waals surface area contributed by atoms with Crippen molar-refractivity contribution in [1.29, 1.82) is 0 Å². The molecular weight excluding hydrogens is 536 g/mol. The number of rotatable bonds is 8. The van der Waals surface area contributed by atoms with Gasteiger partial charge in [0.2, 0.25) is 0 Å². The maximum absolute atomic E-state index is 12.5. The van der Waals surface area contributed by atoms with Gasteiger partial charge >= 0.3 is 0 Å². The van der Waals surface area contributed by atoms with Crippen LogP contribution >= 0.6 is 23.4 Å². The predicted octanol–water partition coefficient (Wildman–Crippen LogP) is 6.34. The van der Waals surface area contributed by atoms with Crippen LogP contribution in [0, 0.1) is 17.0 Å². The molecule has 0 saturated carbocycles. The Morgan fingerprint density at radius 1 is 1.10 bits per heavy atom. The lowest BCUT2D eigenvalue weighted by molar-refractivity contribution is -0.384. The van der Waals surface area contributed by atoms with Crippen LogP contribution in [0.2, 0.25) is 5.02 Å². The number of carbonyl (C=O) groups excluding carboxylic acids is 1. The van der Waals surface area contributed by atoms with E-state index in [0.717, 1.165) is 16.8 Å². The molecule has 4 rings (SSSR count). The number of nitro benzene ring substituents is 1. The van der Waals surface area contributed by atoms with Gasteiger partial charge in [0.05, 0.1) is 16.9 Å². The van der Waals surface area contributed by atoms with Gasteiger partial charge in [0, 0.05) is 34.0 Å². The van der Waals surface area contributed by atoms with Gasteiger partial charge in [0.25, 0.3) is 11.6 Å². The van der Waals surface area contributed by atoms with E-state index in [1.54, 1.807) is 0 Å². The molecule has 3 aromatic carbocycles. The van der Waals surface area contributed by atoms with Crippen LogP contribution in [0.1, 0.15) is 37.5 Å². The molecule has 0 aliphatic carbocycles. The summed E-state index contributed by atoms with van der Waals surface area (Å²) in [6.07, 6.45) is 1.27. The lowest BCUT2D eigenvalue weighted by Crippen LogP contribution is -2.20. The number of non-ortho nitro benzene ring substituents is 1.